The fraction of sp³-hybridized carbons (Fsp3) is 0.462. The molecule has 0 amide bonds. The molecule has 1 aliphatic carbocycles. The summed E-state index contributed by atoms with van der Waals surface area (Å²) in [5.41, 5.74) is 1.49. The second-order valence-corrected chi connectivity index (χ2v) is 4.36. The lowest BCUT2D eigenvalue weighted by atomic mass is 9.97. The molecule has 2 N–H and O–H groups in total. The van der Waals surface area contributed by atoms with Gasteiger partial charge in [-0.3, -0.25) is 0 Å². The first-order chi connectivity index (χ1) is 8.75. The zero-order valence-electron chi connectivity index (χ0n) is 10.2. The van der Waals surface area contributed by atoms with Crippen LogP contribution in [0.1, 0.15) is 42.7 Å². The molecule has 0 radical (unpaired) electrons. The molecule has 1 heterocycles. The van der Waals surface area contributed by atoms with E-state index in [1.807, 2.05) is 0 Å². The molecule has 1 aromatic heterocycles. The van der Waals surface area contributed by atoms with Crippen LogP contribution in [-0.4, -0.2) is 27.6 Å². The van der Waals surface area contributed by atoms with Gasteiger partial charge in [-0.2, -0.15) is 0 Å². The summed E-state index contributed by atoms with van der Waals surface area (Å²) in [4.78, 5) is 18.3. The molecule has 0 aliphatic heterocycles. The molecular weight excluding hydrogens is 230 g/mol. The third-order valence-electron chi connectivity index (χ3n) is 2.98. The molecule has 0 unspecified atom stereocenters. The lowest BCUT2D eigenvalue weighted by Gasteiger charge is -2.13. The molecule has 0 atom stereocenters. The van der Waals surface area contributed by atoms with Gasteiger partial charge in [0, 0.05) is 12.7 Å². The van der Waals surface area contributed by atoms with Crippen LogP contribution in [0.3, 0.4) is 0 Å². The van der Waals surface area contributed by atoms with Gasteiger partial charge in [-0.25, -0.2) is 14.8 Å². The Morgan fingerprint density at radius 1 is 1.44 bits per heavy atom. The minimum Gasteiger partial charge on any atom is -0.475 e. The fourth-order valence-electron chi connectivity index (χ4n) is 2.04. The van der Waals surface area contributed by atoms with E-state index in [4.69, 9.17) is 5.11 Å². The Bertz CT molecular complexity index is 457. The predicted octanol–water partition coefficient (Wildman–Crippen LogP) is 2.48. The first-order valence-electron chi connectivity index (χ1n) is 6.24. The Morgan fingerprint density at radius 2 is 2.33 bits per heavy atom. The number of nitrogens with zero attached hydrogens (tertiary/aromatic N) is 2. The van der Waals surface area contributed by atoms with Crippen molar-refractivity contribution in [1.82, 2.24) is 9.97 Å². The summed E-state index contributed by atoms with van der Waals surface area (Å²) in [6.07, 6.45) is 9.71. The molecule has 0 saturated carbocycles. The molecule has 1 aromatic rings. The van der Waals surface area contributed by atoms with Gasteiger partial charge in [0.1, 0.15) is 5.82 Å². The summed E-state index contributed by atoms with van der Waals surface area (Å²) in [5, 5.41) is 11.9. The first kappa shape index (κ1) is 12.5. The molecule has 5 nitrogen and oxygen atoms in total. The standard InChI is InChI=1S/C13H17N3O2/c17-13(18)12-15-9-7-11(16-12)14-8-6-10-4-2-1-3-5-10/h4,7,9H,1-3,5-6,8H2,(H,17,18)(H,14,15,16). The maximum atomic E-state index is 10.7. The number of aromatic carboxylic acids is 1. The van der Waals surface area contributed by atoms with Crippen LogP contribution in [0.15, 0.2) is 23.9 Å². The van der Waals surface area contributed by atoms with Crippen molar-refractivity contribution >= 4 is 11.8 Å². The van der Waals surface area contributed by atoms with Gasteiger partial charge in [-0.1, -0.05) is 11.6 Å². The fourth-order valence-corrected chi connectivity index (χ4v) is 2.04. The quantitative estimate of drug-likeness (QED) is 0.782. The van der Waals surface area contributed by atoms with Crippen LogP contribution in [0.25, 0.3) is 0 Å². The normalized spacial score (nSPS) is 15.0. The highest BCUT2D eigenvalue weighted by Gasteiger charge is 2.07. The average molecular weight is 247 g/mol. The zero-order valence-corrected chi connectivity index (χ0v) is 10.2. The van der Waals surface area contributed by atoms with Crippen molar-refractivity contribution in [3.8, 4) is 0 Å². The summed E-state index contributed by atoms with van der Waals surface area (Å²) < 4.78 is 0. The van der Waals surface area contributed by atoms with Crippen molar-refractivity contribution in [2.45, 2.75) is 32.1 Å². The third kappa shape index (κ3) is 3.55. The number of carbonyl (C=O) groups is 1. The van der Waals surface area contributed by atoms with Crippen molar-refractivity contribution in [1.29, 1.82) is 0 Å². The zero-order chi connectivity index (χ0) is 12.8. The molecule has 96 valence electrons. The monoisotopic (exact) mass is 247 g/mol. The number of hydrogen-bond donors (Lipinski definition) is 2. The predicted molar refractivity (Wildman–Crippen MR) is 68.6 cm³/mol. The largest absolute Gasteiger partial charge is 0.475 e. The van der Waals surface area contributed by atoms with Gasteiger partial charge >= 0.3 is 5.97 Å². The van der Waals surface area contributed by atoms with Crippen LogP contribution < -0.4 is 5.32 Å². The van der Waals surface area contributed by atoms with E-state index in [0.29, 0.717) is 5.82 Å². The van der Waals surface area contributed by atoms with E-state index in [0.717, 1.165) is 13.0 Å². The van der Waals surface area contributed by atoms with Crippen molar-refractivity contribution in [3.63, 3.8) is 0 Å². The van der Waals surface area contributed by atoms with Crippen LogP contribution in [0, 0.1) is 0 Å². The van der Waals surface area contributed by atoms with Crippen molar-refractivity contribution in [2.24, 2.45) is 0 Å². The molecule has 1 aliphatic rings. The van der Waals surface area contributed by atoms with Gasteiger partial charge in [0.2, 0.25) is 5.82 Å². The van der Waals surface area contributed by atoms with Crippen molar-refractivity contribution < 1.29 is 9.90 Å². The maximum absolute atomic E-state index is 10.7. The van der Waals surface area contributed by atoms with E-state index >= 15 is 0 Å². The van der Waals surface area contributed by atoms with E-state index in [-0.39, 0.29) is 5.82 Å². The molecule has 0 fully saturated rings. The first-order valence-corrected chi connectivity index (χ1v) is 6.24. The van der Waals surface area contributed by atoms with Gasteiger partial charge in [0.05, 0.1) is 0 Å². The van der Waals surface area contributed by atoms with Gasteiger partial charge in [-0.05, 0) is 38.2 Å². The molecular formula is C13H17N3O2. The number of allylic oxidation sites excluding steroid dienone is 1. The lowest BCUT2D eigenvalue weighted by Crippen LogP contribution is -2.09. The number of anilines is 1. The van der Waals surface area contributed by atoms with Crippen molar-refractivity contribution in [2.75, 3.05) is 11.9 Å². The number of rotatable bonds is 5. The molecule has 5 heteroatoms. The second kappa shape index (κ2) is 6.14. The van der Waals surface area contributed by atoms with E-state index in [2.05, 4.69) is 21.4 Å². The highest BCUT2D eigenvalue weighted by atomic mass is 16.4. The Kier molecular flexibility index (Phi) is 4.28. The summed E-state index contributed by atoms with van der Waals surface area (Å²) in [7, 11) is 0. The third-order valence-corrected chi connectivity index (χ3v) is 2.98. The minimum absolute atomic E-state index is 0.170. The highest BCUT2D eigenvalue weighted by Crippen LogP contribution is 2.19. The molecule has 0 bridgehead atoms. The SMILES string of the molecule is O=C(O)c1nccc(NCCC2=CCCCC2)n1. The number of nitrogens with one attached hydrogen (secondary N) is 1. The maximum Gasteiger partial charge on any atom is 0.374 e. The van der Waals surface area contributed by atoms with Gasteiger partial charge in [0.15, 0.2) is 0 Å². The van der Waals surface area contributed by atoms with Crippen LogP contribution in [-0.2, 0) is 0 Å². The number of carboxylic acids is 1. The van der Waals surface area contributed by atoms with Crippen molar-refractivity contribution in [3.05, 3.63) is 29.7 Å². The summed E-state index contributed by atoms with van der Waals surface area (Å²) >= 11 is 0. The molecule has 2 rings (SSSR count). The average Bonchev–Trinajstić information content (AvgIpc) is 2.40. The van der Waals surface area contributed by atoms with Crippen LogP contribution in [0.5, 0.6) is 0 Å². The Morgan fingerprint density at radius 3 is 3.06 bits per heavy atom. The Labute approximate surface area is 106 Å². The van der Waals surface area contributed by atoms with E-state index < -0.39 is 5.97 Å². The van der Waals surface area contributed by atoms with Crippen LogP contribution in [0.4, 0.5) is 5.82 Å². The van der Waals surface area contributed by atoms with E-state index in [1.54, 1.807) is 6.07 Å². The van der Waals surface area contributed by atoms with E-state index in [9.17, 15) is 4.79 Å². The smallest absolute Gasteiger partial charge is 0.374 e. The van der Waals surface area contributed by atoms with Crippen LogP contribution >= 0.6 is 0 Å². The molecule has 18 heavy (non-hydrogen) atoms. The molecule has 0 aromatic carbocycles. The topological polar surface area (TPSA) is 75.1 Å². The number of hydrogen-bond acceptors (Lipinski definition) is 4. The van der Waals surface area contributed by atoms with Gasteiger partial charge in [0.25, 0.3) is 0 Å². The second-order valence-electron chi connectivity index (χ2n) is 4.36. The minimum atomic E-state index is -1.10. The molecule has 0 spiro atoms. The van der Waals surface area contributed by atoms with Gasteiger partial charge in [-0.15, -0.1) is 0 Å². The summed E-state index contributed by atoms with van der Waals surface area (Å²) in [5.74, 6) is -0.704. The number of aromatic nitrogens is 2. The highest BCUT2D eigenvalue weighted by molar-refractivity contribution is 5.83. The Hall–Kier alpha value is -1.91. The summed E-state index contributed by atoms with van der Waals surface area (Å²) in [6.45, 7) is 0.780. The Balaban J connectivity index is 1.84. The van der Waals surface area contributed by atoms with Gasteiger partial charge < -0.3 is 10.4 Å². The van der Waals surface area contributed by atoms with Crippen LogP contribution in [0.2, 0.25) is 0 Å². The molecule has 0 saturated heterocycles. The summed E-state index contributed by atoms with van der Waals surface area (Å²) in [6, 6.07) is 1.68. The lowest BCUT2D eigenvalue weighted by molar-refractivity contribution is 0.0683. The van der Waals surface area contributed by atoms with E-state index in [1.165, 1.54) is 37.5 Å². The number of carboxylic acid groups (broad SMARTS) is 1.